The lowest BCUT2D eigenvalue weighted by Crippen LogP contribution is -2.46. The molecule has 104 valence electrons. The number of rotatable bonds is 3. The number of carbonyl (C=O) groups excluding carboxylic acids is 1. The molecule has 0 unspecified atom stereocenters. The van der Waals surface area contributed by atoms with Crippen LogP contribution in [0.1, 0.15) is 22.1 Å². The molecule has 3 heterocycles. The van der Waals surface area contributed by atoms with Crippen molar-refractivity contribution in [2.75, 3.05) is 25.1 Å². The molecule has 0 spiro atoms. The summed E-state index contributed by atoms with van der Waals surface area (Å²) in [6.07, 6.45) is 3.45. The number of nitrogens with zero attached hydrogens (tertiary/aromatic N) is 4. The van der Waals surface area contributed by atoms with Gasteiger partial charge in [0.15, 0.2) is 5.69 Å². The zero-order valence-corrected chi connectivity index (χ0v) is 12.9. The highest BCUT2D eigenvalue weighted by molar-refractivity contribution is 14.1. The summed E-state index contributed by atoms with van der Waals surface area (Å²) in [5.74, 6) is 0.613. The summed E-state index contributed by atoms with van der Waals surface area (Å²) in [6, 6.07) is 1.79. The molecule has 0 aliphatic carbocycles. The second-order valence-corrected chi connectivity index (χ2v) is 5.52. The van der Waals surface area contributed by atoms with Gasteiger partial charge in [-0.05, 0) is 28.7 Å². The molecule has 0 radical (unpaired) electrons. The molecule has 20 heavy (non-hydrogen) atoms. The number of carbonyl (C=O) groups is 1. The van der Waals surface area contributed by atoms with Gasteiger partial charge < -0.3 is 9.64 Å². The molecule has 0 bridgehead atoms. The first kappa shape index (κ1) is 13.3. The molecule has 8 heteroatoms. The minimum Gasteiger partial charge on any atom is -0.464 e. The molecule has 7 nitrogen and oxygen atoms in total. The van der Waals surface area contributed by atoms with Gasteiger partial charge in [0.2, 0.25) is 5.95 Å². The maximum absolute atomic E-state index is 11.5. The van der Waals surface area contributed by atoms with Gasteiger partial charge in [-0.25, -0.2) is 14.8 Å². The third kappa shape index (κ3) is 2.23. The summed E-state index contributed by atoms with van der Waals surface area (Å²) >= 11 is 2.12. The van der Waals surface area contributed by atoms with Crippen molar-refractivity contribution in [2.45, 2.75) is 5.92 Å². The number of methoxy groups -OCH3 is 1. The highest BCUT2D eigenvalue weighted by Gasteiger charge is 2.34. The number of H-pyrrole nitrogens is 1. The first-order valence-electron chi connectivity index (χ1n) is 6.04. The fraction of sp³-hybridized carbons (Fsp3) is 0.333. The van der Waals surface area contributed by atoms with E-state index in [9.17, 15) is 4.79 Å². The Morgan fingerprint density at radius 1 is 1.45 bits per heavy atom. The van der Waals surface area contributed by atoms with Crippen molar-refractivity contribution in [3.63, 3.8) is 0 Å². The lowest BCUT2D eigenvalue weighted by atomic mass is 9.96. The van der Waals surface area contributed by atoms with Crippen molar-refractivity contribution in [1.82, 2.24) is 20.2 Å². The monoisotopic (exact) mass is 385 g/mol. The Morgan fingerprint density at radius 3 is 2.80 bits per heavy atom. The summed E-state index contributed by atoms with van der Waals surface area (Å²) in [5.41, 5.74) is 1.32. The first-order chi connectivity index (χ1) is 9.70. The van der Waals surface area contributed by atoms with Gasteiger partial charge in [0, 0.05) is 31.4 Å². The van der Waals surface area contributed by atoms with Gasteiger partial charge in [0.05, 0.1) is 16.4 Å². The lowest BCUT2D eigenvalue weighted by Gasteiger charge is -2.38. The fourth-order valence-corrected chi connectivity index (χ4v) is 3.03. The number of esters is 1. The second kappa shape index (κ2) is 5.35. The Balaban J connectivity index is 1.72. The standard InChI is InChI=1S/C12H12IN5O2/c1-20-11(19)10-8(13)9(16-17-10)7-5-18(6-7)12-14-3-2-4-15-12/h2-4,7H,5-6H2,1H3,(H,16,17). The van der Waals surface area contributed by atoms with E-state index < -0.39 is 5.97 Å². The second-order valence-electron chi connectivity index (χ2n) is 4.44. The average molecular weight is 385 g/mol. The topological polar surface area (TPSA) is 84.0 Å². The van der Waals surface area contributed by atoms with E-state index in [1.165, 1.54) is 7.11 Å². The Morgan fingerprint density at radius 2 is 2.15 bits per heavy atom. The number of aromatic amines is 1. The van der Waals surface area contributed by atoms with Crippen LogP contribution in [0.5, 0.6) is 0 Å². The zero-order valence-electron chi connectivity index (χ0n) is 10.7. The highest BCUT2D eigenvalue weighted by Crippen LogP contribution is 2.32. The molecule has 1 saturated heterocycles. The maximum Gasteiger partial charge on any atom is 0.359 e. The zero-order chi connectivity index (χ0) is 14.1. The Kier molecular flexibility index (Phi) is 3.55. The van der Waals surface area contributed by atoms with Crippen LogP contribution in [0, 0.1) is 3.57 Å². The minimum atomic E-state index is -0.417. The van der Waals surface area contributed by atoms with Crippen molar-refractivity contribution < 1.29 is 9.53 Å². The maximum atomic E-state index is 11.5. The fourth-order valence-electron chi connectivity index (χ4n) is 2.12. The van der Waals surface area contributed by atoms with Crippen LogP contribution in [0.25, 0.3) is 0 Å². The van der Waals surface area contributed by atoms with E-state index in [0.29, 0.717) is 11.6 Å². The van der Waals surface area contributed by atoms with E-state index in [1.54, 1.807) is 18.5 Å². The number of halogens is 1. The minimum absolute atomic E-state index is 0.302. The number of nitrogens with one attached hydrogen (secondary N) is 1. The number of ether oxygens (including phenoxy) is 1. The molecule has 2 aromatic heterocycles. The number of anilines is 1. The molecule has 2 aromatic rings. The smallest absolute Gasteiger partial charge is 0.359 e. The van der Waals surface area contributed by atoms with Gasteiger partial charge in [-0.2, -0.15) is 5.10 Å². The summed E-state index contributed by atoms with van der Waals surface area (Å²) in [5, 5.41) is 6.97. The van der Waals surface area contributed by atoms with Crippen LogP contribution in [0.2, 0.25) is 0 Å². The van der Waals surface area contributed by atoms with Gasteiger partial charge in [-0.1, -0.05) is 0 Å². The molecule has 0 saturated carbocycles. The van der Waals surface area contributed by atoms with Crippen LogP contribution in [-0.2, 0) is 4.74 Å². The van der Waals surface area contributed by atoms with E-state index in [1.807, 2.05) is 0 Å². The third-order valence-corrected chi connectivity index (χ3v) is 4.33. The van der Waals surface area contributed by atoms with E-state index in [-0.39, 0.29) is 0 Å². The third-order valence-electron chi connectivity index (χ3n) is 3.24. The van der Waals surface area contributed by atoms with Crippen molar-refractivity contribution in [2.24, 2.45) is 0 Å². The predicted octanol–water partition coefficient (Wildman–Crippen LogP) is 1.19. The van der Waals surface area contributed by atoms with E-state index in [2.05, 4.69) is 47.7 Å². The van der Waals surface area contributed by atoms with Crippen molar-refractivity contribution in [3.8, 4) is 0 Å². The molecule has 0 aromatic carbocycles. The molecule has 3 rings (SSSR count). The molecule has 0 amide bonds. The molecule has 1 fully saturated rings. The normalized spacial score (nSPS) is 15.0. The van der Waals surface area contributed by atoms with Crippen LogP contribution in [0.3, 0.4) is 0 Å². The quantitative estimate of drug-likeness (QED) is 0.632. The van der Waals surface area contributed by atoms with Gasteiger partial charge in [-0.15, -0.1) is 0 Å². The predicted molar refractivity (Wildman–Crippen MR) is 79.6 cm³/mol. The van der Waals surface area contributed by atoms with Crippen molar-refractivity contribution >= 4 is 34.5 Å². The van der Waals surface area contributed by atoms with E-state index in [0.717, 1.165) is 28.3 Å². The summed E-state index contributed by atoms with van der Waals surface area (Å²) in [7, 11) is 1.35. The molecular formula is C12H12IN5O2. The van der Waals surface area contributed by atoms with Gasteiger partial charge in [-0.3, -0.25) is 5.10 Å². The summed E-state index contributed by atoms with van der Waals surface area (Å²) in [6.45, 7) is 1.62. The molecule has 1 aliphatic rings. The molecule has 1 aliphatic heterocycles. The molecule has 0 atom stereocenters. The van der Waals surface area contributed by atoms with Gasteiger partial charge >= 0.3 is 5.97 Å². The van der Waals surface area contributed by atoms with Crippen molar-refractivity contribution in [1.29, 1.82) is 0 Å². The average Bonchev–Trinajstić information content (AvgIpc) is 2.80. The van der Waals surface area contributed by atoms with Crippen LogP contribution >= 0.6 is 22.6 Å². The van der Waals surface area contributed by atoms with Crippen LogP contribution in [-0.4, -0.2) is 46.3 Å². The molecular weight excluding hydrogens is 373 g/mol. The first-order valence-corrected chi connectivity index (χ1v) is 7.12. The number of aromatic nitrogens is 4. The van der Waals surface area contributed by atoms with Gasteiger partial charge in [0.1, 0.15) is 0 Å². The summed E-state index contributed by atoms with van der Waals surface area (Å²) in [4.78, 5) is 22.0. The number of hydrogen-bond donors (Lipinski definition) is 1. The van der Waals surface area contributed by atoms with E-state index in [4.69, 9.17) is 4.74 Å². The SMILES string of the molecule is COC(=O)c1n[nH]c(C2CN(c3ncccn3)C2)c1I. The van der Waals surface area contributed by atoms with Crippen LogP contribution < -0.4 is 4.90 Å². The Bertz CT molecular complexity index is 624. The number of hydrogen-bond acceptors (Lipinski definition) is 6. The largest absolute Gasteiger partial charge is 0.464 e. The van der Waals surface area contributed by atoms with E-state index >= 15 is 0 Å². The summed E-state index contributed by atoms with van der Waals surface area (Å²) < 4.78 is 5.52. The Hall–Kier alpha value is -1.71. The molecule has 1 N–H and O–H groups in total. The Labute approximate surface area is 128 Å². The van der Waals surface area contributed by atoms with Crippen LogP contribution in [0.4, 0.5) is 5.95 Å². The van der Waals surface area contributed by atoms with Gasteiger partial charge in [0.25, 0.3) is 0 Å². The highest BCUT2D eigenvalue weighted by atomic mass is 127. The van der Waals surface area contributed by atoms with Crippen LogP contribution in [0.15, 0.2) is 18.5 Å². The van der Waals surface area contributed by atoms with Crippen molar-refractivity contribution in [3.05, 3.63) is 33.4 Å². The lowest BCUT2D eigenvalue weighted by molar-refractivity contribution is 0.0593.